The number of pyridine rings is 1. The molecule has 178 valence electrons. The average Bonchev–Trinajstić information content (AvgIpc) is 2.82. The minimum atomic E-state index is -0.902. The summed E-state index contributed by atoms with van der Waals surface area (Å²) in [6.07, 6.45) is 1.53. The number of benzene rings is 2. The summed E-state index contributed by atoms with van der Waals surface area (Å²) in [6, 6.07) is 16.8. The minimum Gasteiger partial charge on any atom is -0.505 e. The predicted octanol–water partition coefficient (Wildman–Crippen LogP) is 5.04. The van der Waals surface area contributed by atoms with Crippen molar-refractivity contribution in [2.75, 3.05) is 18.5 Å². The maximum atomic E-state index is 12.5. The highest BCUT2D eigenvalue weighted by Crippen LogP contribution is 2.27. The van der Waals surface area contributed by atoms with Crippen molar-refractivity contribution >= 4 is 29.2 Å². The van der Waals surface area contributed by atoms with Gasteiger partial charge in [0.25, 0.3) is 5.91 Å². The molecular formula is C26H28ClN3O4. The van der Waals surface area contributed by atoms with Gasteiger partial charge in [-0.2, -0.15) is 0 Å². The number of hydrogen-bond donors (Lipinski definition) is 3. The van der Waals surface area contributed by atoms with Crippen molar-refractivity contribution in [3.8, 4) is 16.9 Å². The number of hydrogen-bond acceptors (Lipinski definition) is 6. The van der Waals surface area contributed by atoms with E-state index in [1.165, 1.54) is 12.3 Å². The van der Waals surface area contributed by atoms with Gasteiger partial charge in [-0.05, 0) is 62.2 Å². The molecule has 0 aliphatic rings. The van der Waals surface area contributed by atoms with E-state index in [1.54, 1.807) is 20.8 Å². The molecule has 0 aliphatic heterocycles. The Kier molecular flexibility index (Phi) is 8.12. The summed E-state index contributed by atoms with van der Waals surface area (Å²) in [6.45, 7) is 6.02. The number of rotatable bonds is 9. The number of anilines is 1. The van der Waals surface area contributed by atoms with Crippen LogP contribution in [0.25, 0.3) is 11.1 Å². The molecule has 0 aliphatic carbocycles. The molecule has 1 amide bonds. The number of esters is 1. The van der Waals surface area contributed by atoms with E-state index in [0.29, 0.717) is 17.1 Å². The van der Waals surface area contributed by atoms with Crippen LogP contribution >= 0.6 is 11.6 Å². The van der Waals surface area contributed by atoms with Gasteiger partial charge in [0.2, 0.25) is 0 Å². The maximum Gasteiger partial charge on any atom is 0.313 e. The van der Waals surface area contributed by atoms with E-state index in [2.05, 4.69) is 15.6 Å². The molecule has 0 spiro atoms. The van der Waals surface area contributed by atoms with Crippen LogP contribution in [0.4, 0.5) is 5.69 Å². The molecule has 0 saturated heterocycles. The number of amides is 1. The van der Waals surface area contributed by atoms with Crippen LogP contribution in [-0.4, -0.2) is 35.1 Å². The van der Waals surface area contributed by atoms with Gasteiger partial charge in [0.15, 0.2) is 5.69 Å². The van der Waals surface area contributed by atoms with Gasteiger partial charge in [-0.1, -0.05) is 35.9 Å². The third-order valence-electron chi connectivity index (χ3n) is 5.21. The van der Waals surface area contributed by atoms with Crippen molar-refractivity contribution in [3.05, 3.63) is 77.1 Å². The van der Waals surface area contributed by atoms with Crippen molar-refractivity contribution in [3.63, 3.8) is 0 Å². The van der Waals surface area contributed by atoms with Crippen LogP contribution in [0.2, 0.25) is 5.02 Å². The highest BCUT2D eigenvalue weighted by molar-refractivity contribution is 6.30. The van der Waals surface area contributed by atoms with Gasteiger partial charge in [0.1, 0.15) is 5.75 Å². The lowest BCUT2D eigenvalue weighted by Crippen LogP contribution is -2.40. The highest BCUT2D eigenvalue weighted by atomic mass is 35.5. The fourth-order valence-electron chi connectivity index (χ4n) is 3.18. The molecular weight excluding hydrogens is 454 g/mol. The number of carbonyl (C=O) groups excluding carboxylic acids is 2. The monoisotopic (exact) mass is 481 g/mol. The molecule has 0 bridgehead atoms. The normalized spacial score (nSPS) is 11.1. The van der Waals surface area contributed by atoms with E-state index in [-0.39, 0.29) is 24.6 Å². The van der Waals surface area contributed by atoms with Gasteiger partial charge in [0.05, 0.1) is 12.0 Å². The Balaban J connectivity index is 1.67. The summed E-state index contributed by atoms with van der Waals surface area (Å²) in [5.41, 5.74) is 2.47. The van der Waals surface area contributed by atoms with Gasteiger partial charge in [-0.25, -0.2) is 4.98 Å². The number of ether oxygens (including phenoxy) is 1. The fraction of sp³-hybridized carbons (Fsp3) is 0.269. The Morgan fingerprint density at radius 2 is 1.82 bits per heavy atom. The molecule has 0 fully saturated rings. The van der Waals surface area contributed by atoms with E-state index in [9.17, 15) is 14.7 Å². The second-order valence-corrected chi connectivity index (χ2v) is 8.88. The largest absolute Gasteiger partial charge is 0.505 e. The molecule has 7 nitrogen and oxygen atoms in total. The molecule has 0 saturated carbocycles. The zero-order valence-electron chi connectivity index (χ0n) is 19.4. The van der Waals surface area contributed by atoms with Crippen LogP contribution in [0.5, 0.6) is 5.75 Å². The first-order valence-electron chi connectivity index (χ1n) is 10.9. The maximum absolute atomic E-state index is 12.5. The number of carbonyl (C=O) groups is 2. The van der Waals surface area contributed by atoms with Gasteiger partial charge in [0, 0.05) is 35.6 Å². The molecule has 1 aromatic heterocycles. The van der Waals surface area contributed by atoms with Gasteiger partial charge >= 0.3 is 5.97 Å². The smallest absolute Gasteiger partial charge is 0.313 e. The zero-order chi connectivity index (χ0) is 24.7. The van der Waals surface area contributed by atoms with Crippen molar-refractivity contribution in [2.24, 2.45) is 5.41 Å². The zero-order valence-corrected chi connectivity index (χ0v) is 20.1. The topological polar surface area (TPSA) is 101 Å². The lowest BCUT2D eigenvalue weighted by Gasteiger charge is -2.22. The molecule has 3 rings (SSSR count). The first kappa shape index (κ1) is 25.1. The lowest BCUT2D eigenvalue weighted by atomic mass is 9.93. The molecule has 1 heterocycles. The molecule has 3 aromatic rings. The van der Waals surface area contributed by atoms with E-state index in [0.717, 1.165) is 16.8 Å². The number of halogens is 1. The van der Waals surface area contributed by atoms with Crippen LogP contribution in [0.3, 0.4) is 0 Å². The van der Waals surface area contributed by atoms with Crippen LogP contribution in [0.15, 0.2) is 60.8 Å². The molecule has 0 unspecified atom stereocenters. The third kappa shape index (κ3) is 6.48. The van der Waals surface area contributed by atoms with E-state index in [1.807, 2.05) is 48.5 Å². The number of nitrogens with zero attached hydrogens (tertiary/aromatic N) is 1. The first-order valence-corrected chi connectivity index (χ1v) is 11.3. The quantitative estimate of drug-likeness (QED) is 0.370. The molecule has 2 aromatic carbocycles. The summed E-state index contributed by atoms with van der Waals surface area (Å²) in [5.74, 6) is -1.23. The van der Waals surface area contributed by atoms with Crippen LogP contribution in [0.1, 0.15) is 36.8 Å². The second kappa shape index (κ2) is 11.0. The lowest BCUT2D eigenvalue weighted by molar-refractivity contribution is -0.153. The van der Waals surface area contributed by atoms with Crippen molar-refractivity contribution < 1.29 is 19.4 Å². The summed E-state index contributed by atoms with van der Waals surface area (Å²) >= 11 is 5.93. The van der Waals surface area contributed by atoms with Crippen LogP contribution in [-0.2, 0) is 16.1 Å². The van der Waals surface area contributed by atoms with E-state index < -0.39 is 17.3 Å². The Morgan fingerprint density at radius 3 is 2.50 bits per heavy atom. The van der Waals surface area contributed by atoms with Crippen molar-refractivity contribution in [1.29, 1.82) is 0 Å². The Labute approximate surface area is 204 Å². The highest BCUT2D eigenvalue weighted by Gasteiger charge is 2.30. The predicted molar refractivity (Wildman–Crippen MR) is 133 cm³/mol. The Bertz CT molecular complexity index is 1160. The second-order valence-electron chi connectivity index (χ2n) is 8.44. The Morgan fingerprint density at radius 1 is 1.09 bits per heavy atom. The fourth-order valence-corrected chi connectivity index (χ4v) is 3.31. The first-order chi connectivity index (χ1) is 16.2. The minimum absolute atomic E-state index is 0.0505. The SMILES string of the molecule is CCOC(=O)C(C)(C)CNC(=O)c1ncc(-c2cccc(NCc3ccc(Cl)cc3)c2)cc1O. The summed E-state index contributed by atoms with van der Waals surface area (Å²) in [5, 5.41) is 17.1. The number of aromatic nitrogens is 1. The summed E-state index contributed by atoms with van der Waals surface area (Å²) < 4.78 is 5.02. The van der Waals surface area contributed by atoms with Crippen molar-refractivity contribution in [2.45, 2.75) is 27.3 Å². The molecule has 3 N–H and O–H groups in total. The Hall–Kier alpha value is -3.58. The van der Waals surface area contributed by atoms with E-state index >= 15 is 0 Å². The molecule has 0 radical (unpaired) electrons. The molecule has 8 heteroatoms. The number of nitrogens with one attached hydrogen (secondary N) is 2. The van der Waals surface area contributed by atoms with Crippen LogP contribution < -0.4 is 10.6 Å². The third-order valence-corrected chi connectivity index (χ3v) is 5.46. The summed E-state index contributed by atoms with van der Waals surface area (Å²) in [7, 11) is 0. The average molecular weight is 482 g/mol. The van der Waals surface area contributed by atoms with Gasteiger partial charge in [-0.3, -0.25) is 9.59 Å². The van der Waals surface area contributed by atoms with Crippen LogP contribution in [0, 0.1) is 5.41 Å². The standard InChI is InChI=1S/C26H28ClN3O4/c1-4-34-25(33)26(2,3)16-30-24(32)23-22(31)13-19(15-29-23)18-6-5-7-21(12-18)28-14-17-8-10-20(27)11-9-17/h5-13,15,28,31H,4,14,16H2,1-3H3,(H,30,32). The molecule has 0 atom stereocenters. The van der Waals surface area contributed by atoms with Gasteiger partial charge in [-0.15, -0.1) is 0 Å². The van der Waals surface area contributed by atoms with E-state index in [4.69, 9.17) is 16.3 Å². The van der Waals surface area contributed by atoms with Crippen molar-refractivity contribution in [1.82, 2.24) is 10.3 Å². The van der Waals surface area contributed by atoms with Gasteiger partial charge < -0.3 is 20.5 Å². The number of aromatic hydroxyl groups is 1. The summed E-state index contributed by atoms with van der Waals surface area (Å²) in [4.78, 5) is 28.7. The molecule has 34 heavy (non-hydrogen) atoms.